The van der Waals surface area contributed by atoms with Crippen molar-refractivity contribution in [3.63, 3.8) is 0 Å². The number of methoxy groups -OCH3 is 1. The first-order chi connectivity index (χ1) is 10.2. The van der Waals surface area contributed by atoms with Crippen LogP contribution in [0.25, 0.3) is 0 Å². The third-order valence-electron chi connectivity index (χ3n) is 3.97. The van der Waals surface area contributed by atoms with E-state index in [1.807, 2.05) is 30.0 Å². The first-order valence-corrected chi connectivity index (χ1v) is 7.59. The third-order valence-corrected chi connectivity index (χ3v) is 3.97. The van der Waals surface area contributed by atoms with Crippen molar-refractivity contribution in [2.24, 2.45) is 0 Å². The van der Waals surface area contributed by atoms with Crippen LogP contribution in [0.15, 0.2) is 24.3 Å². The summed E-state index contributed by atoms with van der Waals surface area (Å²) in [6, 6.07) is 8.29. The average Bonchev–Trinajstić information content (AvgIpc) is 2.54. The zero-order chi connectivity index (χ0) is 15.2. The van der Waals surface area contributed by atoms with Crippen molar-refractivity contribution in [1.82, 2.24) is 10.2 Å². The number of piperazine rings is 1. The molecule has 1 heterocycles. The molecular formula is C16H25N3O2. The molecule has 1 fully saturated rings. The third kappa shape index (κ3) is 3.80. The second-order valence-corrected chi connectivity index (χ2v) is 5.40. The number of para-hydroxylation sites is 2. The molecule has 1 unspecified atom stereocenters. The van der Waals surface area contributed by atoms with Crippen LogP contribution >= 0.6 is 0 Å². The minimum Gasteiger partial charge on any atom is -0.495 e. The van der Waals surface area contributed by atoms with Gasteiger partial charge in [0, 0.05) is 32.2 Å². The number of carbonyl (C=O) groups is 1. The van der Waals surface area contributed by atoms with Gasteiger partial charge in [0.25, 0.3) is 0 Å². The summed E-state index contributed by atoms with van der Waals surface area (Å²) in [6.07, 6.45) is 0.951. The van der Waals surface area contributed by atoms with Crippen LogP contribution < -0.4 is 15.0 Å². The molecule has 21 heavy (non-hydrogen) atoms. The average molecular weight is 291 g/mol. The molecule has 2 amide bonds. The number of carbonyl (C=O) groups excluding carboxylic acids is 1. The van der Waals surface area contributed by atoms with E-state index in [4.69, 9.17) is 4.74 Å². The standard InChI is InChI=1S/C16H25N3O2/c1-4-13(2)17-16(20)19-11-9-18(10-12-19)14-7-5-6-8-15(14)21-3/h5-8,13H,4,9-12H2,1-3H3,(H,17,20). The number of amides is 2. The van der Waals surface area contributed by atoms with Gasteiger partial charge < -0.3 is 19.9 Å². The zero-order valence-corrected chi connectivity index (χ0v) is 13.1. The fourth-order valence-electron chi connectivity index (χ4n) is 2.45. The molecule has 0 aliphatic carbocycles. The smallest absolute Gasteiger partial charge is 0.317 e. The lowest BCUT2D eigenvalue weighted by atomic mass is 10.2. The summed E-state index contributed by atoms with van der Waals surface area (Å²) in [5.41, 5.74) is 1.10. The molecular weight excluding hydrogens is 266 g/mol. The predicted octanol–water partition coefficient (Wildman–Crippen LogP) is 2.33. The maximum absolute atomic E-state index is 12.1. The number of anilines is 1. The lowest BCUT2D eigenvalue weighted by Gasteiger charge is -2.37. The van der Waals surface area contributed by atoms with Gasteiger partial charge in [-0.05, 0) is 25.5 Å². The van der Waals surface area contributed by atoms with Crippen molar-refractivity contribution in [3.05, 3.63) is 24.3 Å². The van der Waals surface area contributed by atoms with Crippen LogP contribution in [0.2, 0.25) is 0 Å². The summed E-state index contributed by atoms with van der Waals surface area (Å²) in [7, 11) is 1.69. The molecule has 0 bridgehead atoms. The number of nitrogens with one attached hydrogen (secondary N) is 1. The molecule has 1 saturated heterocycles. The van der Waals surface area contributed by atoms with Crippen LogP contribution in [0.3, 0.4) is 0 Å². The van der Waals surface area contributed by atoms with Crippen molar-refractivity contribution in [1.29, 1.82) is 0 Å². The minimum absolute atomic E-state index is 0.0454. The quantitative estimate of drug-likeness (QED) is 0.926. The Hall–Kier alpha value is -1.91. The summed E-state index contributed by atoms with van der Waals surface area (Å²) >= 11 is 0. The molecule has 1 N–H and O–H groups in total. The fraction of sp³-hybridized carbons (Fsp3) is 0.562. The summed E-state index contributed by atoms with van der Waals surface area (Å²) in [5, 5.41) is 3.02. The highest BCUT2D eigenvalue weighted by Crippen LogP contribution is 2.28. The van der Waals surface area contributed by atoms with Crippen LogP contribution in [0, 0.1) is 0 Å². The molecule has 5 heteroatoms. The van der Waals surface area contributed by atoms with Crippen molar-refractivity contribution in [2.75, 3.05) is 38.2 Å². The molecule has 0 saturated carbocycles. The summed E-state index contributed by atoms with van der Waals surface area (Å²) in [6.45, 7) is 7.23. The highest BCUT2D eigenvalue weighted by Gasteiger charge is 2.23. The molecule has 116 valence electrons. The number of hydrogen-bond donors (Lipinski definition) is 1. The lowest BCUT2D eigenvalue weighted by molar-refractivity contribution is 0.190. The van der Waals surface area contributed by atoms with Crippen LogP contribution in [-0.2, 0) is 0 Å². The van der Waals surface area contributed by atoms with Crippen molar-refractivity contribution in [3.8, 4) is 5.75 Å². The largest absolute Gasteiger partial charge is 0.495 e. The van der Waals surface area contributed by atoms with E-state index in [1.165, 1.54) is 0 Å². The highest BCUT2D eigenvalue weighted by atomic mass is 16.5. The maximum atomic E-state index is 12.1. The van der Waals surface area contributed by atoms with Gasteiger partial charge in [0.2, 0.25) is 0 Å². The second-order valence-electron chi connectivity index (χ2n) is 5.40. The van der Waals surface area contributed by atoms with E-state index in [0.717, 1.165) is 44.0 Å². The second kappa shape index (κ2) is 7.20. The van der Waals surface area contributed by atoms with Crippen LogP contribution in [-0.4, -0.2) is 50.3 Å². The summed E-state index contributed by atoms with van der Waals surface area (Å²) in [4.78, 5) is 16.3. The number of rotatable bonds is 4. The molecule has 0 aromatic heterocycles. The molecule has 2 rings (SSSR count). The van der Waals surface area contributed by atoms with Crippen molar-refractivity contribution < 1.29 is 9.53 Å². The maximum Gasteiger partial charge on any atom is 0.317 e. The summed E-state index contributed by atoms with van der Waals surface area (Å²) in [5.74, 6) is 0.884. The van der Waals surface area contributed by atoms with Crippen molar-refractivity contribution >= 4 is 11.7 Å². The van der Waals surface area contributed by atoms with Crippen LogP contribution in [0.5, 0.6) is 5.75 Å². The van der Waals surface area contributed by atoms with E-state index in [9.17, 15) is 4.79 Å². The van der Waals surface area contributed by atoms with E-state index in [0.29, 0.717) is 0 Å². The fourth-order valence-corrected chi connectivity index (χ4v) is 2.45. The Morgan fingerprint density at radius 1 is 1.29 bits per heavy atom. The predicted molar refractivity (Wildman–Crippen MR) is 85.1 cm³/mol. The van der Waals surface area contributed by atoms with Gasteiger partial charge in [-0.1, -0.05) is 19.1 Å². The number of ether oxygens (including phenoxy) is 1. The Labute approximate surface area is 126 Å². The van der Waals surface area contributed by atoms with Gasteiger partial charge in [-0.25, -0.2) is 4.79 Å². The molecule has 0 radical (unpaired) electrons. The monoisotopic (exact) mass is 291 g/mol. The first kappa shape index (κ1) is 15.5. The Bertz CT molecular complexity index is 470. The lowest BCUT2D eigenvalue weighted by Crippen LogP contribution is -2.53. The molecule has 1 aromatic carbocycles. The Balaban J connectivity index is 1.92. The van der Waals surface area contributed by atoms with Gasteiger partial charge >= 0.3 is 6.03 Å². The number of benzene rings is 1. The highest BCUT2D eigenvalue weighted by molar-refractivity contribution is 5.75. The molecule has 1 aliphatic rings. The van der Waals surface area contributed by atoms with Crippen molar-refractivity contribution in [2.45, 2.75) is 26.3 Å². The molecule has 1 aliphatic heterocycles. The SMILES string of the molecule is CCC(C)NC(=O)N1CCN(c2ccccc2OC)CC1. The van der Waals surface area contributed by atoms with Gasteiger partial charge in [-0.15, -0.1) is 0 Å². The molecule has 5 nitrogen and oxygen atoms in total. The van der Waals surface area contributed by atoms with Gasteiger partial charge in [0.05, 0.1) is 12.8 Å². The minimum atomic E-state index is 0.0454. The van der Waals surface area contributed by atoms with Gasteiger partial charge in [0.15, 0.2) is 0 Å². The Morgan fingerprint density at radius 3 is 2.57 bits per heavy atom. The topological polar surface area (TPSA) is 44.8 Å². The molecule has 1 aromatic rings. The first-order valence-electron chi connectivity index (χ1n) is 7.59. The zero-order valence-electron chi connectivity index (χ0n) is 13.1. The Kier molecular flexibility index (Phi) is 5.31. The number of hydrogen-bond acceptors (Lipinski definition) is 3. The number of nitrogens with zero attached hydrogens (tertiary/aromatic N) is 2. The van der Waals surface area contributed by atoms with E-state index in [1.54, 1.807) is 7.11 Å². The van der Waals surface area contributed by atoms with Crippen LogP contribution in [0.4, 0.5) is 10.5 Å². The number of urea groups is 1. The van der Waals surface area contributed by atoms with Crippen LogP contribution in [0.1, 0.15) is 20.3 Å². The van der Waals surface area contributed by atoms with E-state index in [2.05, 4.69) is 23.2 Å². The molecule has 0 spiro atoms. The van der Waals surface area contributed by atoms with E-state index in [-0.39, 0.29) is 12.1 Å². The van der Waals surface area contributed by atoms with Gasteiger partial charge in [-0.2, -0.15) is 0 Å². The van der Waals surface area contributed by atoms with E-state index < -0.39 is 0 Å². The van der Waals surface area contributed by atoms with E-state index >= 15 is 0 Å². The van der Waals surface area contributed by atoms with Gasteiger partial charge in [-0.3, -0.25) is 0 Å². The normalized spacial score (nSPS) is 16.5. The summed E-state index contributed by atoms with van der Waals surface area (Å²) < 4.78 is 5.41. The van der Waals surface area contributed by atoms with Gasteiger partial charge in [0.1, 0.15) is 5.75 Å². The Morgan fingerprint density at radius 2 is 1.95 bits per heavy atom. The molecule has 1 atom stereocenters.